The fourth-order valence-corrected chi connectivity index (χ4v) is 4.39. The molecule has 8 nitrogen and oxygen atoms in total. The number of aromatic amines is 1. The van der Waals surface area contributed by atoms with Crippen LogP contribution in [0.1, 0.15) is 47.4 Å². The molecule has 3 heterocycles. The van der Waals surface area contributed by atoms with Gasteiger partial charge in [-0.05, 0) is 50.0 Å². The largest absolute Gasteiger partial charge is 0.394 e. The zero-order chi connectivity index (χ0) is 23.2. The van der Waals surface area contributed by atoms with Gasteiger partial charge in [0.15, 0.2) is 0 Å². The Morgan fingerprint density at radius 1 is 1.33 bits per heavy atom. The molecule has 1 aliphatic heterocycles. The van der Waals surface area contributed by atoms with Crippen LogP contribution in [0.4, 0.5) is 5.95 Å². The van der Waals surface area contributed by atoms with Crippen LogP contribution in [0.3, 0.4) is 0 Å². The van der Waals surface area contributed by atoms with Crippen molar-refractivity contribution in [3.05, 3.63) is 65.6 Å². The van der Waals surface area contributed by atoms with Gasteiger partial charge in [-0.1, -0.05) is 37.3 Å². The number of rotatable bonds is 9. The summed E-state index contributed by atoms with van der Waals surface area (Å²) in [4.78, 5) is 27.5. The van der Waals surface area contributed by atoms with Crippen LogP contribution in [-0.4, -0.2) is 63.1 Å². The highest BCUT2D eigenvalue weighted by atomic mass is 16.3. The van der Waals surface area contributed by atoms with E-state index in [-0.39, 0.29) is 12.5 Å². The van der Waals surface area contributed by atoms with Gasteiger partial charge in [-0.25, -0.2) is 9.97 Å². The van der Waals surface area contributed by atoms with Crippen LogP contribution in [0.5, 0.6) is 0 Å². The number of aliphatic hydroxyl groups is 1. The molecule has 4 rings (SSSR count). The third-order valence-electron chi connectivity index (χ3n) is 6.26. The van der Waals surface area contributed by atoms with E-state index in [1.54, 1.807) is 18.5 Å². The number of likely N-dealkylation sites (tertiary alicyclic amines) is 1. The number of aryl methyl sites for hydroxylation is 1. The number of hydrogen-bond acceptors (Lipinski definition) is 6. The van der Waals surface area contributed by atoms with Gasteiger partial charge in [0.05, 0.1) is 18.3 Å². The Hall–Kier alpha value is -3.23. The average Bonchev–Trinajstić information content (AvgIpc) is 3.52. The van der Waals surface area contributed by atoms with Crippen LogP contribution in [-0.2, 0) is 0 Å². The number of benzene rings is 1. The number of H-pyrrole nitrogens is 1. The van der Waals surface area contributed by atoms with Crippen LogP contribution in [0.25, 0.3) is 11.3 Å². The molecule has 2 aromatic heterocycles. The predicted molar refractivity (Wildman–Crippen MR) is 129 cm³/mol. The van der Waals surface area contributed by atoms with Crippen molar-refractivity contribution in [1.82, 2.24) is 25.2 Å². The van der Waals surface area contributed by atoms with Gasteiger partial charge in [-0.3, -0.25) is 9.69 Å². The van der Waals surface area contributed by atoms with Crippen LogP contribution >= 0.6 is 0 Å². The van der Waals surface area contributed by atoms with E-state index in [0.29, 0.717) is 17.7 Å². The molecular formula is C25H32N6O2. The Morgan fingerprint density at radius 3 is 2.91 bits per heavy atom. The van der Waals surface area contributed by atoms with E-state index < -0.39 is 6.04 Å². The highest BCUT2D eigenvalue weighted by molar-refractivity contribution is 5.94. The van der Waals surface area contributed by atoms with E-state index in [1.165, 1.54) is 12.8 Å². The van der Waals surface area contributed by atoms with Crippen molar-refractivity contribution in [3.63, 3.8) is 0 Å². The zero-order valence-corrected chi connectivity index (χ0v) is 19.2. The Bertz CT molecular complexity index is 1070. The monoisotopic (exact) mass is 448 g/mol. The lowest BCUT2D eigenvalue weighted by Gasteiger charge is -2.22. The number of anilines is 1. The highest BCUT2D eigenvalue weighted by Crippen LogP contribution is 2.24. The molecule has 174 valence electrons. The molecule has 2 atom stereocenters. The number of aromatic nitrogens is 3. The van der Waals surface area contributed by atoms with E-state index in [4.69, 9.17) is 4.98 Å². The second kappa shape index (κ2) is 10.6. The lowest BCUT2D eigenvalue weighted by atomic mass is 10.1. The topological polar surface area (TPSA) is 106 Å². The second-order valence-corrected chi connectivity index (χ2v) is 8.45. The zero-order valence-electron chi connectivity index (χ0n) is 19.2. The first-order chi connectivity index (χ1) is 16.1. The molecule has 0 unspecified atom stereocenters. The molecule has 0 radical (unpaired) electrons. The lowest BCUT2D eigenvalue weighted by molar-refractivity contribution is 0.0912. The van der Waals surface area contributed by atoms with Crippen molar-refractivity contribution >= 4 is 11.9 Å². The number of aliphatic hydroxyl groups excluding tert-OH is 1. The number of carbonyl (C=O) groups excluding carboxylic acids is 1. The summed E-state index contributed by atoms with van der Waals surface area (Å²) in [7, 11) is 0. The van der Waals surface area contributed by atoms with E-state index in [2.05, 4.69) is 32.4 Å². The number of nitrogens with one attached hydrogen (secondary N) is 3. The van der Waals surface area contributed by atoms with Crippen molar-refractivity contribution in [1.29, 1.82) is 0 Å². The fraction of sp³-hybridized carbons (Fsp3) is 0.400. The summed E-state index contributed by atoms with van der Waals surface area (Å²) in [5, 5.41) is 16.0. The Morgan fingerprint density at radius 2 is 2.15 bits per heavy atom. The number of carbonyl (C=O) groups is 1. The molecule has 0 spiro atoms. The van der Waals surface area contributed by atoms with Gasteiger partial charge in [-0.15, -0.1) is 0 Å². The summed E-state index contributed by atoms with van der Waals surface area (Å²) in [5.74, 6) is 0.310. The van der Waals surface area contributed by atoms with Crippen LogP contribution in [0.2, 0.25) is 0 Å². The summed E-state index contributed by atoms with van der Waals surface area (Å²) >= 11 is 0. The summed E-state index contributed by atoms with van der Waals surface area (Å²) in [6, 6.07) is 11.2. The van der Waals surface area contributed by atoms with Gasteiger partial charge in [0.2, 0.25) is 5.95 Å². The van der Waals surface area contributed by atoms with Crippen molar-refractivity contribution in [2.24, 2.45) is 0 Å². The first-order valence-electron chi connectivity index (χ1n) is 11.6. The first-order valence-corrected chi connectivity index (χ1v) is 11.6. The summed E-state index contributed by atoms with van der Waals surface area (Å²) in [6.07, 6.45) is 6.00. The van der Waals surface area contributed by atoms with Gasteiger partial charge in [0.1, 0.15) is 5.69 Å². The number of amides is 1. The minimum absolute atomic E-state index is 0.181. The number of nitrogens with zero attached hydrogens (tertiary/aromatic N) is 3. The van der Waals surface area contributed by atoms with Crippen molar-refractivity contribution in [2.45, 2.75) is 38.8 Å². The molecule has 33 heavy (non-hydrogen) atoms. The number of likely N-dealkylation sites (N-methyl/N-ethyl adjacent to an activating group) is 1. The third-order valence-corrected chi connectivity index (χ3v) is 6.26. The smallest absolute Gasteiger partial charge is 0.268 e. The Kier molecular flexibility index (Phi) is 7.36. The third kappa shape index (κ3) is 5.40. The fourth-order valence-electron chi connectivity index (χ4n) is 4.39. The molecule has 0 saturated carbocycles. The van der Waals surface area contributed by atoms with Crippen molar-refractivity contribution in [2.75, 3.05) is 31.6 Å². The molecule has 8 heteroatoms. The molecule has 1 aliphatic rings. The summed E-state index contributed by atoms with van der Waals surface area (Å²) < 4.78 is 0. The summed E-state index contributed by atoms with van der Waals surface area (Å²) in [6.45, 7) is 7.00. The van der Waals surface area contributed by atoms with Crippen LogP contribution < -0.4 is 10.6 Å². The molecule has 1 fully saturated rings. The molecule has 0 bridgehead atoms. The molecule has 4 N–H and O–H groups in total. The van der Waals surface area contributed by atoms with Gasteiger partial charge in [0, 0.05) is 30.5 Å². The van der Waals surface area contributed by atoms with Gasteiger partial charge in [0.25, 0.3) is 5.91 Å². The van der Waals surface area contributed by atoms with Crippen LogP contribution in [0.15, 0.2) is 48.8 Å². The first kappa shape index (κ1) is 22.9. The SMILES string of the molecule is CCN1CCC[C@H]1CNc1ncc(C)c(-c2c[nH]c(C(=O)N[C@H](CO)c3ccccc3)c2)n1. The van der Waals surface area contributed by atoms with Crippen molar-refractivity contribution < 1.29 is 9.90 Å². The van der Waals surface area contributed by atoms with Gasteiger partial charge in [-0.2, -0.15) is 0 Å². The maximum absolute atomic E-state index is 12.8. The Labute approximate surface area is 194 Å². The maximum Gasteiger partial charge on any atom is 0.268 e. The molecule has 1 aromatic carbocycles. The predicted octanol–water partition coefficient (Wildman–Crippen LogP) is 3.14. The van der Waals surface area contributed by atoms with Gasteiger partial charge >= 0.3 is 0 Å². The van der Waals surface area contributed by atoms with Crippen molar-refractivity contribution in [3.8, 4) is 11.3 Å². The normalized spacial score (nSPS) is 17.1. The summed E-state index contributed by atoms with van der Waals surface area (Å²) in [5.41, 5.74) is 3.80. The average molecular weight is 449 g/mol. The van der Waals surface area contributed by atoms with E-state index in [0.717, 1.165) is 42.0 Å². The number of hydrogen-bond donors (Lipinski definition) is 4. The minimum Gasteiger partial charge on any atom is -0.394 e. The standard InChI is InChI=1S/C25H32N6O2/c1-3-31-11-7-10-20(31)15-28-25-27-13-17(2)23(30-25)19-12-21(26-14-19)24(33)29-22(16-32)18-8-5-4-6-9-18/h4-6,8-9,12-14,20,22,26,32H,3,7,10-11,15-16H2,1-2H3,(H,29,33)(H,27,28,30)/t20-,22+/m0/s1. The van der Waals surface area contributed by atoms with Gasteiger partial charge < -0.3 is 20.7 Å². The Balaban J connectivity index is 1.45. The molecule has 1 amide bonds. The maximum atomic E-state index is 12.8. The highest BCUT2D eigenvalue weighted by Gasteiger charge is 2.23. The molecule has 3 aromatic rings. The second-order valence-electron chi connectivity index (χ2n) is 8.45. The van der Waals surface area contributed by atoms with E-state index in [9.17, 15) is 9.90 Å². The quantitative estimate of drug-likeness (QED) is 0.401. The van der Waals surface area contributed by atoms with Crippen LogP contribution in [0, 0.1) is 6.92 Å². The molecule has 1 saturated heterocycles. The van der Waals surface area contributed by atoms with E-state index in [1.807, 2.05) is 37.3 Å². The van der Waals surface area contributed by atoms with E-state index >= 15 is 0 Å². The minimum atomic E-state index is -0.472. The lowest BCUT2D eigenvalue weighted by Crippen LogP contribution is -2.34. The molecule has 0 aliphatic carbocycles. The molecular weight excluding hydrogens is 416 g/mol.